The Hall–Kier alpha value is -2.62. The highest BCUT2D eigenvalue weighted by Gasteiger charge is 2.61. The van der Waals surface area contributed by atoms with Gasteiger partial charge >= 0.3 is 0 Å². The Balaban J connectivity index is 1.31. The molecule has 20 heteroatoms. The second kappa shape index (κ2) is 46.3. The highest BCUT2D eigenvalue weighted by atomic mass is 16.8. The van der Waals surface area contributed by atoms with Gasteiger partial charge in [0.25, 0.3) is 0 Å². The van der Waals surface area contributed by atoms with Gasteiger partial charge in [-0.3, -0.25) is 0 Å². The van der Waals surface area contributed by atoms with Crippen LogP contribution in [0.15, 0.2) is 73.3 Å². The van der Waals surface area contributed by atoms with Gasteiger partial charge in [0.2, 0.25) is 0 Å². The Kier molecular flexibility index (Phi) is 38.3. The molecule has 8 rings (SSSR count). The second-order valence-corrected chi connectivity index (χ2v) is 27.1. The molecule has 0 bridgehead atoms. The molecular formula is C78H128O20. The number of hydrogen-bond acceptors (Lipinski definition) is 20. The molecule has 0 amide bonds. The lowest BCUT2D eigenvalue weighted by Crippen LogP contribution is -2.70. The van der Waals surface area contributed by atoms with Crippen molar-refractivity contribution in [2.45, 2.75) is 333 Å². The van der Waals surface area contributed by atoms with Gasteiger partial charge in [-0.2, -0.15) is 0 Å². The van der Waals surface area contributed by atoms with Crippen molar-refractivity contribution in [3.63, 3.8) is 0 Å². The molecule has 98 heavy (non-hydrogen) atoms. The number of rotatable bonds is 49. The van der Waals surface area contributed by atoms with Crippen LogP contribution >= 0.6 is 0 Å². The van der Waals surface area contributed by atoms with Crippen LogP contribution < -0.4 is 0 Å². The van der Waals surface area contributed by atoms with Crippen molar-refractivity contribution < 1.29 is 94.7 Å². The largest absolute Gasteiger partial charge is 0.379 e. The zero-order chi connectivity index (χ0) is 69.1. The first-order valence-electron chi connectivity index (χ1n) is 38.6. The van der Waals surface area contributed by atoms with E-state index in [0.29, 0.717) is 59.5 Å². The minimum Gasteiger partial charge on any atom is -0.379 e. The fraction of sp³-hybridized carbons (Fsp3) is 0.821. The van der Waals surface area contributed by atoms with Gasteiger partial charge in [-0.15, -0.1) is 6.58 Å². The van der Waals surface area contributed by atoms with E-state index in [9.17, 15) is 0 Å². The van der Waals surface area contributed by atoms with Crippen molar-refractivity contribution in [2.75, 3.05) is 79.3 Å². The molecule has 22 atom stereocenters. The van der Waals surface area contributed by atoms with E-state index in [-0.39, 0.29) is 19.8 Å². The molecule has 0 aromatic heterocycles. The number of benzene rings is 2. The van der Waals surface area contributed by atoms with E-state index in [1.165, 1.54) is 0 Å². The van der Waals surface area contributed by atoms with Crippen LogP contribution in [-0.4, -0.2) is 202 Å². The number of allylic oxidation sites excluding steroid dienone is 1. The van der Waals surface area contributed by atoms with Gasteiger partial charge in [0.1, 0.15) is 91.6 Å². The normalized spacial score (nSPS) is 33.5. The predicted octanol–water partition coefficient (Wildman–Crippen LogP) is 14.6. The van der Waals surface area contributed by atoms with Crippen molar-refractivity contribution in [1.29, 1.82) is 0 Å². The molecule has 2 aromatic carbocycles. The summed E-state index contributed by atoms with van der Waals surface area (Å²) in [5.41, 5.74) is 1.66. The summed E-state index contributed by atoms with van der Waals surface area (Å²) in [7, 11) is 0. The Morgan fingerprint density at radius 2 is 0.735 bits per heavy atom. The van der Waals surface area contributed by atoms with Gasteiger partial charge in [0.15, 0.2) is 37.7 Å². The maximum atomic E-state index is 7.94. The van der Waals surface area contributed by atoms with Gasteiger partial charge in [0, 0.05) is 70.6 Å². The average Bonchev–Trinajstić information content (AvgIpc) is 0.750. The minimum absolute atomic E-state index is 0.0850. The van der Waals surface area contributed by atoms with E-state index in [1.807, 2.05) is 73.7 Å². The SMILES string of the molecule is C=CCCCCCCO[C@@H]1OC2COC(c3ccccc3)O[C@@H]2C(O[C@@H]2OC3COC(c4ccccc4)O[C@@H]3C(O[C@H]3OC(COCCCC)[C@H](OCCCC)C(OCCCC)C3OCCCC)C2O[C@@H]2OC(C)[C@@H](OCCCC)C(OCCCC)C2OCCCC)C1OCCCC. The van der Waals surface area contributed by atoms with Crippen molar-refractivity contribution in [1.82, 2.24) is 0 Å². The van der Waals surface area contributed by atoms with Gasteiger partial charge in [0.05, 0.1) is 25.9 Å². The fourth-order valence-corrected chi connectivity index (χ4v) is 13.3. The smallest absolute Gasteiger partial charge is 0.187 e. The van der Waals surface area contributed by atoms with Crippen molar-refractivity contribution >= 4 is 0 Å². The van der Waals surface area contributed by atoms with Crippen LogP contribution in [0, 0.1) is 0 Å². The van der Waals surface area contributed by atoms with Crippen LogP contribution in [0.25, 0.3) is 0 Å². The lowest BCUT2D eigenvalue weighted by Gasteiger charge is -2.54. The van der Waals surface area contributed by atoms with E-state index in [0.717, 1.165) is 146 Å². The van der Waals surface area contributed by atoms with E-state index in [4.69, 9.17) is 94.7 Å². The zero-order valence-corrected chi connectivity index (χ0v) is 61.3. The van der Waals surface area contributed by atoms with Crippen LogP contribution in [0.2, 0.25) is 0 Å². The lowest BCUT2D eigenvalue weighted by atomic mass is 9.94. The number of ether oxygens (including phenoxy) is 20. The summed E-state index contributed by atoms with van der Waals surface area (Å²) in [4.78, 5) is 0. The third-order valence-corrected chi connectivity index (χ3v) is 19.1. The van der Waals surface area contributed by atoms with Gasteiger partial charge in [-0.1, -0.05) is 186 Å². The monoisotopic (exact) mass is 1380 g/mol. The average molecular weight is 1390 g/mol. The van der Waals surface area contributed by atoms with Crippen LogP contribution in [-0.2, 0) is 94.7 Å². The summed E-state index contributed by atoms with van der Waals surface area (Å²) < 4.78 is 143. The standard InChI is InChI=1S/C78H128O20/c1-11-20-29-30-31-38-51-87-75-71(86-50-28-19-9)67(63-59(91-75)53-88-73(94-63)56-39-34-32-35-40-56)96-78-72(98-76-69(84-48-26-17-7)65(82-46-24-15-5)61(55(10)90-76)80-44-22-13-3)68(64-60(93-78)54-89-74(95-64)57-41-36-33-37-42-57)97-77-70(85-49-27-18-8)66(83-47-25-16-6)62(81-45-23-14-4)58(92-77)52-79-43-21-12-2/h11,32-37,39-42,55,58-78H,1,12-31,38,43-54H2,2-10H3/t55?,58?,59?,60?,61-,62+,63+,64+,65?,66?,67?,68?,69?,70?,71?,72?,73?,74?,75-,76+,77-,78+/m1/s1. The van der Waals surface area contributed by atoms with Crippen LogP contribution in [0.5, 0.6) is 0 Å². The van der Waals surface area contributed by atoms with E-state index >= 15 is 0 Å². The highest BCUT2D eigenvalue weighted by molar-refractivity contribution is 5.18. The van der Waals surface area contributed by atoms with Crippen LogP contribution in [0.1, 0.15) is 221 Å². The summed E-state index contributed by atoms with van der Waals surface area (Å²) in [6.45, 7) is 27.9. The first kappa shape index (κ1) is 81.1. The molecule has 6 heterocycles. The first-order chi connectivity index (χ1) is 48.2. The Labute approximate surface area is 588 Å². The third-order valence-electron chi connectivity index (χ3n) is 19.1. The summed E-state index contributed by atoms with van der Waals surface area (Å²) >= 11 is 0. The van der Waals surface area contributed by atoms with Crippen LogP contribution in [0.4, 0.5) is 0 Å². The minimum atomic E-state index is -1.30. The molecule has 6 saturated heterocycles. The molecule has 6 aliphatic heterocycles. The molecule has 20 nitrogen and oxygen atoms in total. The highest BCUT2D eigenvalue weighted by Crippen LogP contribution is 2.45. The Morgan fingerprint density at radius 1 is 0.357 bits per heavy atom. The maximum Gasteiger partial charge on any atom is 0.187 e. The van der Waals surface area contributed by atoms with Crippen molar-refractivity contribution in [3.05, 3.63) is 84.4 Å². The molecule has 0 radical (unpaired) electrons. The molecule has 0 N–H and O–H groups in total. The molecule has 0 aliphatic carbocycles. The summed E-state index contributed by atoms with van der Waals surface area (Å²) in [6, 6.07) is 19.9. The second-order valence-electron chi connectivity index (χ2n) is 27.1. The molecular weight excluding hydrogens is 1260 g/mol. The van der Waals surface area contributed by atoms with E-state index in [1.54, 1.807) is 0 Å². The summed E-state index contributed by atoms with van der Waals surface area (Å²) in [5.74, 6) is 0. The predicted molar refractivity (Wildman–Crippen MR) is 372 cm³/mol. The molecule has 2 aromatic rings. The molecule has 6 aliphatic rings. The molecule has 14 unspecified atom stereocenters. The van der Waals surface area contributed by atoms with Gasteiger partial charge in [-0.05, 0) is 77.6 Å². The topological polar surface area (TPSA) is 185 Å². The molecule has 560 valence electrons. The quantitative estimate of drug-likeness (QED) is 0.0449. The van der Waals surface area contributed by atoms with Crippen molar-refractivity contribution in [3.8, 4) is 0 Å². The summed E-state index contributed by atoms with van der Waals surface area (Å²) in [5, 5.41) is 0. The zero-order valence-electron chi connectivity index (χ0n) is 61.3. The molecule has 6 fully saturated rings. The third kappa shape index (κ3) is 24.2. The number of hydrogen-bond donors (Lipinski definition) is 0. The maximum absolute atomic E-state index is 7.94. The molecule has 0 saturated carbocycles. The lowest BCUT2D eigenvalue weighted by molar-refractivity contribution is -0.435. The van der Waals surface area contributed by atoms with E-state index < -0.39 is 135 Å². The van der Waals surface area contributed by atoms with Gasteiger partial charge in [-0.25, -0.2) is 0 Å². The molecule has 0 spiro atoms. The van der Waals surface area contributed by atoms with Gasteiger partial charge < -0.3 is 94.7 Å². The fourth-order valence-electron chi connectivity index (χ4n) is 13.3. The van der Waals surface area contributed by atoms with Crippen molar-refractivity contribution in [2.24, 2.45) is 0 Å². The van der Waals surface area contributed by atoms with Crippen LogP contribution in [0.3, 0.4) is 0 Å². The summed E-state index contributed by atoms with van der Waals surface area (Å²) in [6.07, 6.45) is 2.55. The number of unbranched alkanes of at least 4 members (excludes halogenated alkanes) is 12. The first-order valence-corrected chi connectivity index (χ1v) is 38.6. The Morgan fingerprint density at radius 3 is 1.22 bits per heavy atom. The number of fused-ring (bicyclic) bond motifs is 2. The van der Waals surface area contributed by atoms with E-state index in [2.05, 4.69) is 62.0 Å². The Bertz CT molecular complexity index is 2350.